The normalized spacial score (nSPS) is 25.5. The van der Waals surface area contributed by atoms with E-state index in [-0.39, 0.29) is 0 Å². The molecule has 3 aromatic rings. The monoisotopic (exact) mass is 498 g/mol. The summed E-state index contributed by atoms with van der Waals surface area (Å²) in [6.45, 7) is 5.03. The zero-order valence-corrected chi connectivity index (χ0v) is 22.0. The predicted molar refractivity (Wildman–Crippen MR) is 150 cm³/mol. The fraction of sp³-hybridized carbons (Fsp3) is 0.515. The molecule has 4 heteroatoms. The van der Waals surface area contributed by atoms with Gasteiger partial charge in [-0.15, -0.1) is 0 Å². The minimum absolute atomic E-state index is 0.507. The largest absolute Gasteiger partial charge is 0.390 e. The molecule has 2 heterocycles. The molecule has 3 unspecified atom stereocenters. The fourth-order valence-electron chi connectivity index (χ4n) is 7.05. The maximum absolute atomic E-state index is 11.5. The van der Waals surface area contributed by atoms with Gasteiger partial charge in [0.15, 0.2) is 0 Å². The number of aryl methyl sites for hydroxylation is 1. The molecule has 0 radical (unpaired) electrons. The van der Waals surface area contributed by atoms with Crippen LogP contribution in [0.25, 0.3) is 10.8 Å². The van der Waals surface area contributed by atoms with Crippen molar-refractivity contribution in [1.82, 2.24) is 9.80 Å². The molecule has 3 fully saturated rings. The number of hydrogen-bond donors (Lipinski definition) is 2. The molecule has 2 N–H and O–H groups in total. The summed E-state index contributed by atoms with van der Waals surface area (Å²) in [7, 11) is 0. The summed E-state index contributed by atoms with van der Waals surface area (Å²) in [5.41, 5.74) is 1.89. The summed E-state index contributed by atoms with van der Waals surface area (Å²) in [5.74, 6) is 2.10. The molecule has 6 rings (SSSR count). The van der Waals surface area contributed by atoms with E-state index >= 15 is 0 Å². The molecule has 0 amide bonds. The summed E-state index contributed by atoms with van der Waals surface area (Å²) in [4.78, 5) is 4.93. The standard InChI is InChI=1S/C33H42N2O2/c36-32(30-14-6-12-26-11-4-5-13-29(26)30)35-23-28(31(24-35)27-15-16-27)22-34-20-18-33(37,19-21-34)17-7-10-25-8-2-1-3-9-25/h1-6,8-9,11-14,27-28,31-32,36-37H,7,10,15-24H2. The molecular weight excluding hydrogens is 456 g/mol. The lowest BCUT2D eigenvalue weighted by molar-refractivity contribution is -0.0329. The van der Waals surface area contributed by atoms with Crippen molar-refractivity contribution in [3.63, 3.8) is 0 Å². The van der Waals surface area contributed by atoms with Crippen LogP contribution in [0.15, 0.2) is 72.8 Å². The molecule has 3 atom stereocenters. The van der Waals surface area contributed by atoms with Gasteiger partial charge in [-0.3, -0.25) is 4.90 Å². The highest BCUT2D eigenvalue weighted by Crippen LogP contribution is 2.46. The second kappa shape index (κ2) is 10.9. The smallest absolute Gasteiger partial charge is 0.134 e. The van der Waals surface area contributed by atoms with E-state index in [9.17, 15) is 10.2 Å². The third-order valence-electron chi connectivity index (χ3n) is 9.42. The van der Waals surface area contributed by atoms with Crippen LogP contribution < -0.4 is 0 Å². The molecule has 4 nitrogen and oxygen atoms in total. The summed E-state index contributed by atoms with van der Waals surface area (Å²) < 4.78 is 0. The van der Waals surface area contributed by atoms with Crippen molar-refractivity contribution in [2.75, 3.05) is 32.7 Å². The first-order valence-electron chi connectivity index (χ1n) is 14.5. The molecule has 0 aromatic heterocycles. The zero-order valence-electron chi connectivity index (χ0n) is 22.0. The van der Waals surface area contributed by atoms with Gasteiger partial charge in [0.1, 0.15) is 6.23 Å². The highest BCUT2D eigenvalue weighted by molar-refractivity contribution is 5.85. The fourth-order valence-corrected chi connectivity index (χ4v) is 7.05. The average Bonchev–Trinajstić information content (AvgIpc) is 3.69. The van der Waals surface area contributed by atoms with Crippen LogP contribution in [-0.2, 0) is 6.42 Å². The van der Waals surface area contributed by atoms with Crippen molar-refractivity contribution in [2.45, 2.75) is 56.8 Å². The summed E-state index contributed by atoms with van der Waals surface area (Å²) in [6.07, 6.45) is 6.90. The number of fused-ring (bicyclic) bond motifs is 1. The van der Waals surface area contributed by atoms with Gasteiger partial charge in [0.2, 0.25) is 0 Å². The molecule has 0 bridgehead atoms. The summed E-state index contributed by atoms with van der Waals surface area (Å²) in [6, 6.07) is 25.3. The number of nitrogens with zero attached hydrogens (tertiary/aromatic N) is 2. The third kappa shape index (κ3) is 5.78. The number of rotatable bonds is 9. The highest BCUT2D eigenvalue weighted by atomic mass is 16.3. The number of likely N-dealkylation sites (tertiary alicyclic amines) is 2. The Hall–Kier alpha value is -2.24. The lowest BCUT2D eigenvalue weighted by Crippen LogP contribution is -2.46. The molecule has 3 aliphatic rings. The van der Waals surface area contributed by atoms with Gasteiger partial charge < -0.3 is 15.1 Å². The predicted octanol–water partition coefficient (Wildman–Crippen LogP) is 5.64. The van der Waals surface area contributed by atoms with Gasteiger partial charge in [-0.05, 0) is 79.0 Å². The second-order valence-electron chi connectivity index (χ2n) is 12.0. The maximum atomic E-state index is 11.5. The summed E-state index contributed by atoms with van der Waals surface area (Å²) in [5, 5.41) is 25.1. The van der Waals surface area contributed by atoms with Gasteiger partial charge in [-0.1, -0.05) is 72.8 Å². The van der Waals surface area contributed by atoms with E-state index in [2.05, 4.69) is 82.6 Å². The Kier molecular flexibility index (Phi) is 7.36. The van der Waals surface area contributed by atoms with Crippen LogP contribution in [0.2, 0.25) is 0 Å². The van der Waals surface area contributed by atoms with Gasteiger partial charge in [-0.2, -0.15) is 0 Å². The lowest BCUT2D eigenvalue weighted by Gasteiger charge is -2.40. The molecule has 2 aliphatic heterocycles. The minimum atomic E-state index is -0.548. The van der Waals surface area contributed by atoms with Crippen molar-refractivity contribution >= 4 is 10.8 Å². The zero-order chi connectivity index (χ0) is 25.2. The van der Waals surface area contributed by atoms with Crippen molar-refractivity contribution in [1.29, 1.82) is 0 Å². The number of hydrogen-bond acceptors (Lipinski definition) is 4. The molecule has 196 valence electrons. The van der Waals surface area contributed by atoms with E-state index in [1.807, 2.05) is 0 Å². The molecule has 1 aliphatic carbocycles. The second-order valence-corrected chi connectivity index (χ2v) is 12.0. The Balaban J connectivity index is 1.05. The molecule has 1 saturated carbocycles. The van der Waals surface area contributed by atoms with Crippen LogP contribution in [0, 0.1) is 17.8 Å². The van der Waals surface area contributed by atoms with E-state index in [1.54, 1.807) is 0 Å². The molecular formula is C33H42N2O2. The van der Waals surface area contributed by atoms with Gasteiger partial charge in [0.25, 0.3) is 0 Å². The minimum Gasteiger partial charge on any atom is -0.390 e. The van der Waals surface area contributed by atoms with E-state index < -0.39 is 11.8 Å². The van der Waals surface area contributed by atoms with Gasteiger partial charge in [-0.25, -0.2) is 0 Å². The van der Waals surface area contributed by atoms with Crippen LogP contribution in [0.5, 0.6) is 0 Å². The van der Waals surface area contributed by atoms with Gasteiger partial charge >= 0.3 is 0 Å². The maximum Gasteiger partial charge on any atom is 0.134 e. The van der Waals surface area contributed by atoms with Crippen LogP contribution in [0.3, 0.4) is 0 Å². The van der Waals surface area contributed by atoms with Crippen LogP contribution >= 0.6 is 0 Å². The van der Waals surface area contributed by atoms with E-state index in [0.717, 1.165) is 81.7 Å². The van der Waals surface area contributed by atoms with E-state index in [1.165, 1.54) is 23.8 Å². The third-order valence-corrected chi connectivity index (χ3v) is 9.42. The molecule has 0 spiro atoms. The van der Waals surface area contributed by atoms with Crippen molar-refractivity contribution in [3.8, 4) is 0 Å². The highest BCUT2D eigenvalue weighted by Gasteiger charge is 2.45. The molecule has 2 saturated heterocycles. The van der Waals surface area contributed by atoms with Crippen LogP contribution in [-0.4, -0.2) is 58.3 Å². The number of benzene rings is 3. The van der Waals surface area contributed by atoms with Crippen LogP contribution in [0.4, 0.5) is 0 Å². The lowest BCUT2D eigenvalue weighted by atomic mass is 9.85. The van der Waals surface area contributed by atoms with Crippen molar-refractivity contribution < 1.29 is 10.2 Å². The topological polar surface area (TPSA) is 46.9 Å². The summed E-state index contributed by atoms with van der Waals surface area (Å²) >= 11 is 0. The first-order valence-corrected chi connectivity index (χ1v) is 14.5. The first-order chi connectivity index (χ1) is 18.1. The quantitative estimate of drug-likeness (QED) is 0.401. The first kappa shape index (κ1) is 25.1. The Labute approximate surface area is 221 Å². The van der Waals surface area contributed by atoms with E-state index in [0.29, 0.717) is 11.8 Å². The van der Waals surface area contributed by atoms with Crippen molar-refractivity contribution in [2.24, 2.45) is 17.8 Å². The average molecular weight is 499 g/mol. The Morgan fingerprint density at radius 1 is 0.865 bits per heavy atom. The molecule has 37 heavy (non-hydrogen) atoms. The van der Waals surface area contributed by atoms with E-state index in [4.69, 9.17) is 0 Å². The number of aliphatic hydroxyl groups is 2. The number of piperidine rings is 1. The van der Waals surface area contributed by atoms with Crippen LogP contribution in [0.1, 0.15) is 55.9 Å². The number of aliphatic hydroxyl groups excluding tert-OH is 1. The Bertz CT molecular complexity index is 1160. The molecule has 3 aromatic carbocycles. The Morgan fingerprint density at radius 2 is 1.59 bits per heavy atom. The van der Waals surface area contributed by atoms with Crippen molar-refractivity contribution in [3.05, 3.63) is 83.9 Å². The Morgan fingerprint density at radius 3 is 2.38 bits per heavy atom. The van der Waals surface area contributed by atoms with Gasteiger partial charge in [0.05, 0.1) is 5.60 Å². The SMILES string of the molecule is OC(c1cccc2ccccc12)N1CC(CN2CCC(O)(CCCc3ccccc3)CC2)C(C2CC2)C1. The van der Waals surface area contributed by atoms with Gasteiger partial charge in [0, 0.05) is 38.3 Å².